The lowest BCUT2D eigenvalue weighted by Crippen LogP contribution is -2.45. The number of amides is 1. The SMILES string of the molecule is CCOC(=O)c1ccc2oc(C(=O)C(Cc3ccccc3)NC(=O)Cn3c(-c4cccc(C)c4)ncc(N)c3=O)nc2c1. The van der Waals surface area contributed by atoms with E-state index in [2.05, 4.69) is 15.3 Å². The van der Waals surface area contributed by atoms with E-state index in [1.54, 1.807) is 13.0 Å². The molecule has 3 aromatic carbocycles. The number of benzene rings is 3. The molecule has 0 saturated heterocycles. The fourth-order valence-corrected chi connectivity index (χ4v) is 4.63. The Morgan fingerprint density at radius 3 is 2.58 bits per heavy atom. The zero-order valence-electron chi connectivity index (χ0n) is 23.6. The molecule has 0 bridgehead atoms. The molecule has 3 N–H and O–H groups in total. The molecule has 0 radical (unpaired) electrons. The average molecular weight is 580 g/mol. The molecule has 1 unspecified atom stereocenters. The molecule has 0 aliphatic carbocycles. The van der Waals surface area contributed by atoms with Crippen molar-refractivity contribution in [3.05, 3.63) is 112 Å². The third kappa shape index (κ3) is 6.51. The van der Waals surface area contributed by atoms with Crippen LogP contribution in [-0.2, 0) is 22.5 Å². The molecular formula is C32H29N5O6. The smallest absolute Gasteiger partial charge is 0.338 e. The zero-order valence-corrected chi connectivity index (χ0v) is 23.6. The molecule has 5 rings (SSSR count). The molecule has 43 heavy (non-hydrogen) atoms. The predicted molar refractivity (Wildman–Crippen MR) is 159 cm³/mol. The Kier molecular flexibility index (Phi) is 8.42. The maximum atomic E-state index is 13.7. The van der Waals surface area contributed by atoms with Crippen LogP contribution in [0, 0.1) is 6.92 Å². The molecule has 2 heterocycles. The lowest BCUT2D eigenvalue weighted by molar-refractivity contribution is -0.122. The summed E-state index contributed by atoms with van der Waals surface area (Å²) in [5, 5.41) is 2.75. The molecule has 1 amide bonds. The van der Waals surface area contributed by atoms with Crippen LogP contribution in [0.5, 0.6) is 0 Å². The Labute approximate surface area is 246 Å². The average Bonchev–Trinajstić information content (AvgIpc) is 3.43. The number of hydrogen-bond acceptors (Lipinski definition) is 9. The molecule has 218 valence electrons. The summed E-state index contributed by atoms with van der Waals surface area (Å²) < 4.78 is 11.9. The second-order valence-corrected chi connectivity index (χ2v) is 9.89. The number of nitrogens with two attached hydrogens (primary N) is 1. The fraction of sp³-hybridized carbons (Fsp3) is 0.188. The van der Waals surface area contributed by atoms with Gasteiger partial charge in [-0.1, -0.05) is 54.1 Å². The van der Waals surface area contributed by atoms with E-state index < -0.39 is 35.8 Å². The number of anilines is 1. The van der Waals surface area contributed by atoms with Crippen LogP contribution in [-0.4, -0.2) is 44.8 Å². The van der Waals surface area contributed by atoms with E-state index in [9.17, 15) is 19.2 Å². The number of nitrogen functional groups attached to an aromatic ring is 1. The maximum Gasteiger partial charge on any atom is 0.338 e. The summed E-state index contributed by atoms with van der Waals surface area (Å²) in [4.78, 5) is 60.9. The van der Waals surface area contributed by atoms with Gasteiger partial charge < -0.3 is 20.2 Å². The molecule has 0 aliphatic rings. The van der Waals surface area contributed by atoms with Gasteiger partial charge in [-0.3, -0.25) is 19.0 Å². The maximum absolute atomic E-state index is 13.7. The lowest BCUT2D eigenvalue weighted by atomic mass is 10.0. The second-order valence-electron chi connectivity index (χ2n) is 9.89. The van der Waals surface area contributed by atoms with Gasteiger partial charge in [-0.05, 0) is 43.7 Å². The number of ketones is 1. The van der Waals surface area contributed by atoms with Crippen LogP contribution in [0.1, 0.15) is 39.1 Å². The summed E-state index contributed by atoms with van der Waals surface area (Å²) in [7, 11) is 0. The number of nitrogens with one attached hydrogen (secondary N) is 1. The number of rotatable bonds is 10. The van der Waals surface area contributed by atoms with Gasteiger partial charge in [0.25, 0.3) is 11.4 Å². The van der Waals surface area contributed by atoms with Gasteiger partial charge in [-0.25, -0.2) is 14.8 Å². The van der Waals surface area contributed by atoms with Crippen molar-refractivity contribution >= 4 is 34.4 Å². The standard InChI is InChI=1S/C32H29N5O6/c1-3-42-32(41)22-12-13-26-24(16-22)36-30(43-26)28(39)25(15-20-9-5-4-6-10-20)35-27(38)18-37-29(34-17-23(33)31(37)40)21-11-7-8-19(2)14-21/h4-14,16-17,25H,3,15,18,33H2,1-2H3,(H,35,38). The number of hydrogen-bond donors (Lipinski definition) is 2. The molecule has 2 aromatic heterocycles. The van der Waals surface area contributed by atoms with E-state index >= 15 is 0 Å². The van der Waals surface area contributed by atoms with Crippen molar-refractivity contribution in [2.75, 3.05) is 12.3 Å². The highest BCUT2D eigenvalue weighted by Gasteiger charge is 2.28. The molecule has 1 atom stereocenters. The van der Waals surface area contributed by atoms with Crippen molar-refractivity contribution in [3.8, 4) is 11.4 Å². The highest BCUT2D eigenvalue weighted by atomic mass is 16.5. The molecule has 11 heteroatoms. The van der Waals surface area contributed by atoms with E-state index in [0.717, 1.165) is 11.1 Å². The Balaban J connectivity index is 1.45. The Hall–Kier alpha value is -5.58. The van der Waals surface area contributed by atoms with Gasteiger partial charge in [-0.15, -0.1) is 0 Å². The number of nitrogens with zero attached hydrogens (tertiary/aromatic N) is 3. The number of oxazole rings is 1. The number of ether oxygens (including phenoxy) is 1. The van der Waals surface area contributed by atoms with E-state index in [1.165, 1.54) is 29.0 Å². The third-order valence-electron chi connectivity index (χ3n) is 6.70. The van der Waals surface area contributed by atoms with E-state index in [1.807, 2.05) is 55.5 Å². The minimum absolute atomic E-state index is 0.116. The van der Waals surface area contributed by atoms with Crippen LogP contribution in [0.15, 0.2) is 88.2 Å². The molecule has 11 nitrogen and oxygen atoms in total. The number of carbonyl (C=O) groups is 3. The number of Topliss-reactive ketones (excluding diaryl/α,β-unsaturated/α-hetero) is 1. The summed E-state index contributed by atoms with van der Waals surface area (Å²) in [6.07, 6.45) is 1.39. The zero-order chi connectivity index (χ0) is 30.5. The largest absolute Gasteiger partial charge is 0.462 e. The molecule has 0 aliphatic heterocycles. The number of carbonyl (C=O) groups excluding carboxylic acids is 3. The van der Waals surface area contributed by atoms with Gasteiger partial charge in [0, 0.05) is 12.0 Å². The van der Waals surface area contributed by atoms with Crippen molar-refractivity contribution in [2.45, 2.75) is 32.9 Å². The van der Waals surface area contributed by atoms with Gasteiger partial charge >= 0.3 is 5.97 Å². The molecule has 0 fully saturated rings. The highest BCUT2D eigenvalue weighted by Crippen LogP contribution is 2.21. The highest BCUT2D eigenvalue weighted by molar-refractivity contribution is 6.01. The quantitative estimate of drug-likeness (QED) is 0.186. The summed E-state index contributed by atoms with van der Waals surface area (Å²) in [5.41, 5.74) is 8.37. The monoisotopic (exact) mass is 579 g/mol. The van der Waals surface area contributed by atoms with Crippen LogP contribution in [0.3, 0.4) is 0 Å². The topological polar surface area (TPSA) is 159 Å². The van der Waals surface area contributed by atoms with Crippen LogP contribution in [0.2, 0.25) is 0 Å². The first kappa shape index (κ1) is 28.9. The summed E-state index contributed by atoms with van der Waals surface area (Å²) in [5.74, 6) is -1.69. The normalized spacial score (nSPS) is 11.7. The number of esters is 1. The summed E-state index contributed by atoms with van der Waals surface area (Å²) >= 11 is 0. The van der Waals surface area contributed by atoms with E-state index in [0.29, 0.717) is 16.7 Å². The van der Waals surface area contributed by atoms with Crippen LogP contribution >= 0.6 is 0 Å². The molecule has 0 saturated carbocycles. The summed E-state index contributed by atoms with van der Waals surface area (Å²) in [6.45, 7) is 3.38. The van der Waals surface area contributed by atoms with Crippen molar-refractivity contribution in [3.63, 3.8) is 0 Å². The Bertz CT molecular complexity index is 1880. The lowest BCUT2D eigenvalue weighted by Gasteiger charge is -2.18. The van der Waals surface area contributed by atoms with Gasteiger partial charge in [0.15, 0.2) is 5.58 Å². The van der Waals surface area contributed by atoms with Crippen molar-refractivity contribution < 1.29 is 23.5 Å². The first-order valence-corrected chi connectivity index (χ1v) is 13.6. The second kappa shape index (κ2) is 12.5. The number of aryl methyl sites for hydroxylation is 1. The third-order valence-corrected chi connectivity index (χ3v) is 6.70. The Morgan fingerprint density at radius 1 is 1.05 bits per heavy atom. The summed E-state index contributed by atoms with van der Waals surface area (Å²) in [6, 6.07) is 19.9. The minimum atomic E-state index is -1.08. The van der Waals surface area contributed by atoms with Crippen molar-refractivity contribution in [1.82, 2.24) is 19.9 Å². The van der Waals surface area contributed by atoms with Crippen molar-refractivity contribution in [1.29, 1.82) is 0 Å². The first-order chi connectivity index (χ1) is 20.7. The van der Waals surface area contributed by atoms with Gasteiger partial charge in [0.05, 0.1) is 18.4 Å². The predicted octanol–water partition coefficient (Wildman–Crippen LogP) is 3.73. The van der Waals surface area contributed by atoms with Gasteiger partial charge in [-0.2, -0.15) is 0 Å². The van der Waals surface area contributed by atoms with Crippen LogP contribution < -0.4 is 16.6 Å². The van der Waals surface area contributed by atoms with E-state index in [-0.39, 0.29) is 36.0 Å². The molecular weight excluding hydrogens is 550 g/mol. The fourth-order valence-electron chi connectivity index (χ4n) is 4.63. The minimum Gasteiger partial charge on any atom is -0.462 e. The molecule has 0 spiro atoms. The van der Waals surface area contributed by atoms with Gasteiger partial charge in [0.1, 0.15) is 29.6 Å². The first-order valence-electron chi connectivity index (χ1n) is 13.6. The number of fused-ring (bicyclic) bond motifs is 1. The van der Waals surface area contributed by atoms with Crippen molar-refractivity contribution in [2.24, 2.45) is 0 Å². The van der Waals surface area contributed by atoms with Crippen LogP contribution in [0.25, 0.3) is 22.5 Å². The molecule has 5 aromatic rings. The van der Waals surface area contributed by atoms with Crippen LogP contribution in [0.4, 0.5) is 5.69 Å². The van der Waals surface area contributed by atoms with Gasteiger partial charge in [0.2, 0.25) is 11.7 Å². The number of aromatic nitrogens is 3. The van der Waals surface area contributed by atoms with E-state index in [4.69, 9.17) is 14.9 Å². The Morgan fingerprint density at radius 2 is 1.84 bits per heavy atom.